The molecule has 0 radical (unpaired) electrons. The van der Waals surface area contributed by atoms with Crippen LogP contribution in [0.1, 0.15) is 19.8 Å². The number of nitrogens with one attached hydrogen (secondary N) is 3. The molecule has 0 aliphatic carbocycles. The van der Waals surface area contributed by atoms with E-state index in [1.54, 1.807) is 35.8 Å². The molecule has 0 saturated carbocycles. The number of anilines is 1. The summed E-state index contributed by atoms with van der Waals surface area (Å²) in [4.78, 5) is 37.8. The summed E-state index contributed by atoms with van der Waals surface area (Å²) in [5.41, 5.74) is 0.563. The number of nitrogens with zero attached hydrogens (tertiary/aromatic N) is 2. The Balaban J connectivity index is 1.86. The summed E-state index contributed by atoms with van der Waals surface area (Å²) in [5, 5.41) is 14.7. The number of alkyl halides is 6. The minimum absolute atomic E-state index is 0.121. The molecule has 1 aromatic rings. The second-order valence-corrected chi connectivity index (χ2v) is 9.76. The third kappa shape index (κ3) is 11.1. The van der Waals surface area contributed by atoms with Crippen molar-refractivity contribution in [1.29, 1.82) is 5.26 Å². The summed E-state index contributed by atoms with van der Waals surface area (Å²) in [6.07, 6.45) is -8.92. The minimum Gasteiger partial charge on any atom is -0.484 e. The van der Waals surface area contributed by atoms with Gasteiger partial charge in [-0.2, -0.15) is 31.6 Å². The van der Waals surface area contributed by atoms with Crippen molar-refractivity contribution in [2.24, 2.45) is 5.92 Å². The van der Waals surface area contributed by atoms with Gasteiger partial charge >= 0.3 is 12.4 Å². The number of carbonyl (C=O) groups is 3. The van der Waals surface area contributed by atoms with E-state index in [2.05, 4.69) is 5.32 Å². The fraction of sp³-hybridized carbons (Fsp3) is 0.565. The van der Waals surface area contributed by atoms with Crippen molar-refractivity contribution in [1.82, 2.24) is 15.5 Å². The van der Waals surface area contributed by atoms with Gasteiger partial charge in [0.15, 0.2) is 6.61 Å². The van der Waals surface area contributed by atoms with E-state index in [1.165, 1.54) is 28.8 Å². The molecule has 2 rings (SSSR count). The van der Waals surface area contributed by atoms with Crippen molar-refractivity contribution in [2.45, 2.75) is 42.7 Å². The average molecular weight is 584 g/mol. The number of halogens is 6. The maximum absolute atomic E-state index is 12.8. The molecule has 9 nitrogen and oxygen atoms in total. The van der Waals surface area contributed by atoms with Crippen molar-refractivity contribution in [3.05, 3.63) is 24.3 Å². The lowest BCUT2D eigenvalue weighted by molar-refractivity contribution is -0.140. The van der Waals surface area contributed by atoms with Gasteiger partial charge in [-0.15, -0.1) is 11.8 Å². The van der Waals surface area contributed by atoms with E-state index in [1.807, 2.05) is 0 Å². The Labute approximate surface area is 224 Å². The van der Waals surface area contributed by atoms with E-state index in [-0.39, 0.29) is 18.1 Å². The van der Waals surface area contributed by atoms with Gasteiger partial charge in [-0.05, 0) is 25.5 Å². The fourth-order valence-electron chi connectivity index (χ4n) is 3.55. The highest BCUT2D eigenvalue weighted by Gasteiger charge is 2.41. The lowest BCUT2D eigenvalue weighted by Crippen LogP contribution is -2.40. The highest BCUT2D eigenvalue weighted by molar-refractivity contribution is 8.01. The maximum atomic E-state index is 12.8. The molecule has 3 atom stereocenters. The predicted octanol–water partition coefficient (Wildman–Crippen LogP) is 3.04. The lowest BCUT2D eigenvalue weighted by Gasteiger charge is -2.23. The van der Waals surface area contributed by atoms with Crippen molar-refractivity contribution in [3.63, 3.8) is 0 Å². The molecule has 39 heavy (non-hydrogen) atoms. The molecular weight excluding hydrogens is 556 g/mol. The third-order valence-corrected chi connectivity index (χ3v) is 6.89. The number of thioether (sulfide) groups is 1. The van der Waals surface area contributed by atoms with Gasteiger partial charge in [-0.1, -0.05) is 6.07 Å². The normalized spacial score (nSPS) is 18.3. The Kier molecular flexibility index (Phi) is 11.6. The highest BCUT2D eigenvalue weighted by atomic mass is 32.2. The molecule has 3 N–H and O–H groups in total. The number of ether oxygens (including phenoxy) is 1. The van der Waals surface area contributed by atoms with Gasteiger partial charge in [0.2, 0.25) is 11.8 Å². The van der Waals surface area contributed by atoms with Crippen LogP contribution >= 0.6 is 11.8 Å². The van der Waals surface area contributed by atoms with Crippen LogP contribution in [0.4, 0.5) is 32.0 Å². The van der Waals surface area contributed by atoms with E-state index >= 15 is 0 Å². The summed E-state index contributed by atoms with van der Waals surface area (Å²) in [6, 6.07) is 8.03. The molecule has 1 heterocycles. The third-order valence-electron chi connectivity index (χ3n) is 5.37. The summed E-state index contributed by atoms with van der Waals surface area (Å²) in [7, 11) is 0. The summed E-state index contributed by atoms with van der Waals surface area (Å²) in [5.74, 6) is -3.33. The fourth-order valence-corrected chi connectivity index (χ4v) is 5.14. The first kappa shape index (κ1) is 31.9. The molecule has 216 valence electrons. The van der Waals surface area contributed by atoms with Gasteiger partial charge in [0, 0.05) is 31.3 Å². The first-order valence-electron chi connectivity index (χ1n) is 11.7. The van der Waals surface area contributed by atoms with Crippen LogP contribution in [0.15, 0.2) is 24.3 Å². The van der Waals surface area contributed by atoms with E-state index in [0.29, 0.717) is 25.2 Å². The average Bonchev–Trinajstić information content (AvgIpc) is 3.16. The second kappa shape index (κ2) is 14.2. The number of hydrogen-bond acceptors (Lipinski definition) is 7. The van der Waals surface area contributed by atoms with E-state index in [9.17, 15) is 46.0 Å². The zero-order valence-electron chi connectivity index (χ0n) is 20.7. The van der Waals surface area contributed by atoms with Crippen LogP contribution < -0.4 is 20.7 Å². The standard InChI is InChI=1S/C23H27F6N5O4S/c1-2-34-19(8-14(10-30)20(36)33-13-23(27,28)29)39-17(21(34)37)6-7-31-15-4-3-5-16(9-15)38-11-18(35)32-12-22(24,25)26/h3-5,9,14,17,19,31H,2,6-8,11-13H2,1H3,(H,32,35)(H,33,36). The van der Waals surface area contributed by atoms with Crippen LogP contribution in [-0.4, -0.2) is 78.4 Å². The molecule has 1 aliphatic heterocycles. The van der Waals surface area contributed by atoms with Crippen molar-refractivity contribution in [2.75, 3.05) is 38.1 Å². The molecule has 0 spiro atoms. The zero-order valence-corrected chi connectivity index (χ0v) is 21.5. The topological polar surface area (TPSA) is 124 Å². The van der Waals surface area contributed by atoms with E-state index in [4.69, 9.17) is 4.74 Å². The molecule has 16 heteroatoms. The second-order valence-electron chi connectivity index (χ2n) is 8.38. The maximum Gasteiger partial charge on any atom is 0.405 e. The van der Waals surface area contributed by atoms with E-state index in [0.717, 1.165) is 0 Å². The molecule has 3 unspecified atom stereocenters. The molecule has 3 amide bonds. The van der Waals surface area contributed by atoms with Gasteiger partial charge in [-0.25, -0.2) is 0 Å². The molecule has 1 saturated heterocycles. The number of rotatable bonds is 13. The van der Waals surface area contributed by atoms with Crippen molar-refractivity contribution < 1.29 is 45.5 Å². The number of benzene rings is 1. The van der Waals surface area contributed by atoms with E-state index < -0.39 is 60.4 Å². The Morgan fingerprint density at radius 1 is 1.15 bits per heavy atom. The molecular formula is C23H27F6N5O4S. The van der Waals surface area contributed by atoms with Crippen LogP contribution in [0.3, 0.4) is 0 Å². The summed E-state index contributed by atoms with van der Waals surface area (Å²) in [6.45, 7) is -1.31. The number of hydrogen-bond donors (Lipinski definition) is 3. The SMILES string of the molecule is CCN1C(=O)C(CCNc2cccc(OCC(=O)NCC(F)(F)F)c2)SC1CC(C#N)C(=O)NCC(F)(F)F. The van der Waals surface area contributed by atoms with Crippen LogP contribution in [0.5, 0.6) is 5.75 Å². The summed E-state index contributed by atoms with van der Waals surface area (Å²) < 4.78 is 78.9. The van der Waals surface area contributed by atoms with Gasteiger partial charge in [0.1, 0.15) is 24.8 Å². The Morgan fingerprint density at radius 3 is 2.44 bits per heavy atom. The van der Waals surface area contributed by atoms with Crippen molar-refractivity contribution >= 4 is 35.2 Å². The monoisotopic (exact) mass is 583 g/mol. The number of carbonyl (C=O) groups excluding carboxylic acids is 3. The Hall–Kier alpha value is -3.35. The van der Waals surface area contributed by atoms with Gasteiger partial charge in [-0.3, -0.25) is 14.4 Å². The predicted molar refractivity (Wildman–Crippen MR) is 129 cm³/mol. The largest absolute Gasteiger partial charge is 0.484 e. The molecule has 0 aromatic heterocycles. The van der Waals surface area contributed by atoms with Crippen LogP contribution in [0, 0.1) is 17.2 Å². The molecule has 1 aromatic carbocycles. The quantitative estimate of drug-likeness (QED) is 0.305. The first-order chi connectivity index (χ1) is 18.2. The Bertz CT molecular complexity index is 1050. The smallest absolute Gasteiger partial charge is 0.405 e. The summed E-state index contributed by atoms with van der Waals surface area (Å²) >= 11 is 1.23. The van der Waals surface area contributed by atoms with Gasteiger partial charge in [0.05, 0.1) is 16.7 Å². The van der Waals surface area contributed by atoms with Crippen LogP contribution in [0.25, 0.3) is 0 Å². The molecule has 1 fully saturated rings. The number of nitriles is 1. The van der Waals surface area contributed by atoms with Crippen LogP contribution in [0.2, 0.25) is 0 Å². The minimum atomic E-state index is -4.61. The van der Waals surface area contributed by atoms with Gasteiger partial charge < -0.3 is 25.6 Å². The van der Waals surface area contributed by atoms with Crippen LogP contribution in [-0.2, 0) is 14.4 Å². The number of amides is 3. The van der Waals surface area contributed by atoms with Crippen molar-refractivity contribution in [3.8, 4) is 11.8 Å². The zero-order chi connectivity index (χ0) is 29.2. The molecule has 1 aliphatic rings. The first-order valence-corrected chi connectivity index (χ1v) is 12.7. The lowest BCUT2D eigenvalue weighted by atomic mass is 10.1. The highest BCUT2D eigenvalue weighted by Crippen LogP contribution is 2.37. The Morgan fingerprint density at radius 2 is 1.82 bits per heavy atom. The van der Waals surface area contributed by atoms with Gasteiger partial charge in [0.25, 0.3) is 5.91 Å². The molecule has 0 bridgehead atoms.